The zero-order chi connectivity index (χ0) is 20.5. The normalized spacial score (nSPS) is 14.0. The summed E-state index contributed by atoms with van der Waals surface area (Å²) in [4.78, 5) is 19.8. The van der Waals surface area contributed by atoms with Crippen LogP contribution >= 0.6 is 12.2 Å². The van der Waals surface area contributed by atoms with Crippen LogP contribution in [-0.2, 0) is 0 Å². The lowest BCUT2D eigenvalue weighted by Gasteiger charge is -2.13. The summed E-state index contributed by atoms with van der Waals surface area (Å²) in [7, 11) is 0. The van der Waals surface area contributed by atoms with E-state index in [-0.39, 0.29) is 16.2 Å². The van der Waals surface area contributed by atoms with Gasteiger partial charge in [0.1, 0.15) is 11.3 Å². The number of aromatic amines is 1. The number of allylic oxidation sites excluding steroid dienone is 1. The third-order valence-electron chi connectivity index (χ3n) is 4.69. The molecule has 3 aromatic rings. The van der Waals surface area contributed by atoms with E-state index in [0.717, 1.165) is 22.5 Å². The summed E-state index contributed by atoms with van der Waals surface area (Å²) in [6, 6.07) is 14.8. The van der Waals surface area contributed by atoms with Crippen molar-refractivity contribution in [1.82, 2.24) is 9.55 Å². The molecule has 0 saturated carbocycles. The minimum absolute atomic E-state index is 0.107. The second-order valence-electron chi connectivity index (χ2n) is 6.53. The molecule has 1 aliphatic rings. The van der Waals surface area contributed by atoms with E-state index in [1.807, 2.05) is 38.1 Å². The number of para-hydroxylation sites is 1. The van der Waals surface area contributed by atoms with E-state index in [1.54, 1.807) is 30.3 Å². The van der Waals surface area contributed by atoms with Crippen molar-refractivity contribution in [1.29, 1.82) is 0 Å². The van der Waals surface area contributed by atoms with E-state index in [9.17, 15) is 9.90 Å². The van der Waals surface area contributed by atoms with Crippen molar-refractivity contribution in [3.05, 3.63) is 74.8 Å². The van der Waals surface area contributed by atoms with Crippen LogP contribution in [0.2, 0.25) is 0 Å². The highest BCUT2D eigenvalue weighted by atomic mass is 32.1. The van der Waals surface area contributed by atoms with Gasteiger partial charge in [0.05, 0.1) is 18.0 Å². The molecular formula is C22H19N3O3S. The maximum absolute atomic E-state index is 12.6. The molecule has 2 N–H and O–H groups in total. The molecule has 2 aromatic carbocycles. The van der Waals surface area contributed by atoms with Crippen LogP contribution in [0.3, 0.4) is 0 Å². The van der Waals surface area contributed by atoms with Gasteiger partial charge in [-0.15, -0.1) is 0 Å². The first-order chi connectivity index (χ1) is 14.0. The van der Waals surface area contributed by atoms with Crippen LogP contribution in [-0.4, -0.2) is 27.0 Å². The van der Waals surface area contributed by atoms with Gasteiger partial charge in [0, 0.05) is 16.8 Å². The molecule has 7 heteroatoms. The fraction of sp³-hybridized carbons (Fsp3) is 0.136. The molecule has 0 fully saturated rings. The van der Waals surface area contributed by atoms with E-state index < -0.39 is 5.56 Å². The van der Waals surface area contributed by atoms with Gasteiger partial charge in [0.2, 0.25) is 5.88 Å². The Morgan fingerprint density at radius 3 is 2.66 bits per heavy atom. The minimum Gasteiger partial charge on any atom is -0.494 e. The van der Waals surface area contributed by atoms with Crippen LogP contribution in [0.25, 0.3) is 17.3 Å². The van der Waals surface area contributed by atoms with Crippen molar-refractivity contribution in [3.63, 3.8) is 0 Å². The third kappa shape index (κ3) is 3.40. The van der Waals surface area contributed by atoms with Crippen LogP contribution in [0.1, 0.15) is 25.0 Å². The topological polar surface area (TPSA) is 79.6 Å². The van der Waals surface area contributed by atoms with Crippen LogP contribution in [0.5, 0.6) is 11.6 Å². The molecule has 0 amide bonds. The third-order valence-corrected chi connectivity index (χ3v) is 4.97. The first kappa shape index (κ1) is 18.9. The summed E-state index contributed by atoms with van der Waals surface area (Å²) >= 11 is 5.29. The van der Waals surface area contributed by atoms with Gasteiger partial charge in [0.25, 0.3) is 5.56 Å². The number of rotatable bonds is 4. The molecule has 146 valence electrons. The van der Waals surface area contributed by atoms with Crippen LogP contribution in [0, 0.1) is 4.77 Å². The van der Waals surface area contributed by atoms with E-state index in [2.05, 4.69) is 9.98 Å². The quantitative estimate of drug-likeness (QED) is 0.620. The number of nitrogens with one attached hydrogen (secondary N) is 1. The van der Waals surface area contributed by atoms with Crippen molar-refractivity contribution in [2.45, 2.75) is 13.8 Å². The molecule has 29 heavy (non-hydrogen) atoms. The molecular weight excluding hydrogens is 386 g/mol. The minimum atomic E-state index is -0.459. The molecule has 0 saturated heterocycles. The molecule has 0 aliphatic carbocycles. The van der Waals surface area contributed by atoms with Crippen LogP contribution < -0.4 is 10.3 Å². The number of benzene rings is 2. The summed E-state index contributed by atoms with van der Waals surface area (Å²) in [6.07, 6.45) is 1.65. The Morgan fingerprint density at radius 1 is 1.21 bits per heavy atom. The number of nitrogens with zero attached hydrogens (tertiary/aromatic N) is 2. The van der Waals surface area contributed by atoms with Gasteiger partial charge in [-0.05, 0) is 62.5 Å². The van der Waals surface area contributed by atoms with E-state index >= 15 is 0 Å². The molecule has 0 spiro atoms. The predicted octanol–water partition coefficient (Wildman–Crippen LogP) is 4.65. The van der Waals surface area contributed by atoms with Gasteiger partial charge in [0.15, 0.2) is 4.77 Å². The van der Waals surface area contributed by atoms with Gasteiger partial charge in [-0.1, -0.05) is 18.2 Å². The first-order valence-corrected chi connectivity index (χ1v) is 9.58. The maximum atomic E-state index is 12.6. The maximum Gasteiger partial charge on any atom is 0.262 e. The van der Waals surface area contributed by atoms with E-state index in [4.69, 9.17) is 17.0 Å². The number of H-pyrrole nitrogens is 1. The molecule has 2 heterocycles. The monoisotopic (exact) mass is 405 g/mol. The van der Waals surface area contributed by atoms with Crippen LogP contribution in [0.15, 0.2) is 58.3 Å². The summed E-state index contributed by atoms with van der Waals surface area (Å²) in [5.41, 5.74) is 3.60. The van der Waals surface area contributed by atoms with Gasteiger partial charge in [-0.3, -0.25) is 19.3 Å². The van der Waals surface area contributed by atoms with Gasteiger partial charge >= 0.3 is 0 Å². The fourth-order valence-electron chi connectivity index (χ4n) is 3.33. The molecule has 0 atom stereocenters. The number of aromatic hydroxyl groups is 1. The number of fused-ring (bicyclic) bond motifs is 1. The fourth-order valence-corrected chi connectivity index (χ4v) is 3.61. The number of aromatic nitrogens is 2. The van der Waals surface area contributed by atoms with Crippen molar-refractivity contribution in [2.24, 2.45) is 4.99 Å². The molecule has 6 nitrogen and oxygen atoms in total. The van der Waals surface area contributed by atoms with Gasteiger partial charge in [-0.2, -0.15) is 0 Å². The Bertz CT molecular complexity index is 1270. The number of ether oxygens (including phenoxy) is 1. The SMILES string of the molecule is CCOc1ccc(-n2c(O)c(/C=C3\C(C)=Nc4ccccc43)c(=O)[nH]c2=S)cc1. The van der Waals surface area contributed by atoms with Crippen molar-refractivity contribution in [3.8, 4) is 17.3 Å². The number of aliphatic imine (C=N–C) groups is 1. The summed E-state index contributed by atoms with van der Waals surface area (Å²) in [5.74, 6) is 0.482. The Morgan fingerprint density at radius 2 is 1.93 bits per heavy atom. The second kappa shape index (κ2) is 7.52. The smallest absolute Gasteiger partial charge is 0.262 e. The number of hydrogen-bond acceptors (Lipinski definition) is 5. The van der Waals surface area contributed by atoms with E-state index in [1.165, 1.54) is 4.57 Å². The Labute approximate surface area is 172 Å². The predicted molar refractivity (Wildman–Crippen MR) is 117 cm³/mol. The summed E-state index contributed by atoms with van der Waals surface area (Å²) < 4.78 is 6.99. The standard InChI is InChI=1S/C22H19N3O3S/c1-3-28-15-10-8-14(9-11-15)25-21(27)18(20(26)24-22(25)29)12-17-13(2)23-19-7-5-4-6-16(17)19/h4-12,27H,3H2,1-2H3,(H,24,26,29)/b17-12+. The number of hydrogen-bond donors (Lipinski definition) is 2. The van der Waals surface area contributed by atoms with Gasteiger partial charge < -0.3 is 9.84 Å². The van der Waals surface area contributed by atoms with E-state index in [0.29, 0.717) is 18.0 Å². The average molecular weight is 405 g/mol. The lowest BCUT2D eigenvalue weighted by atomic mass is 10.0. The zero-order valence-electron chi connectivity index (χ0n) is 16.0. The molecule has 0 unspecified atom stereocenters. The summed E-state index contributed by atoms with van der Waals surface area (Å²) in [5, 5.41) is 10.9. The molecule has 1 aliphatic heterocycles. The molecule has 0 radical (unpaired) electrons. The lowest BCUT2D eigenvalue weighted by molar-refractivity contribution is 0.340. The molecule has 0 bridgehead atoms. The largest absolute Gasteiger partial charge is 0.494 e. The first-order valence-electron chi connectivity index (χ1n) is 9.18. The Balaban J connectivity index is 1.87. The van der Waals surface area contributed by atoms with Crippen LogP contribution in [0.4, 0.5) is 5.69 Å². The second-order valence-corrected chi connectivity index (χ2v) is 6.92. The summed E-state index contributed by atoms with van der Waals surface area (Å²) in [6.45, 7) is 4.34. The molecule has 1 aromatic heterocycles. The highest BCUT2D eigenvalue weighted by molar-refractivity contribution is 7.71. The highest BCUT2D eigenvalue weighted by Gasteiger charge is 2.20. The molecule has 4 rings (SSSR count). The zero-order valence-corrected chi connectivity index (χ0v) is 16.8. The van der Waals surface area contributed by atoms with Crippen molar-refractivity contribution < 1.29 is 9.84 Å². The lowest BCUT2D eigenvalue weighted by Crippen LogP contribution is -2.16. The van der Waals surface area contributed by atoms with Crippen molar-refractivity contribution >= 4 is 35.3 Å². The van der Waals surface area contributed by atoms with Gasteiger partial charge in [-0.25, -0.2) is 0 Å². The Hall–Kier alpha value is -3.45. The highest BCUT2D eigenvalue weighted by Crippen LogP contribution is 2.36. The Kier molecular flexibility index (Phi) is 4.90. The van der Waals surface area contributed by atoms with Crippen molar-refractivity contribution in [2.75, 3.05) is 6.61 Å². The average Bonchev–Trinajstić information content (AvgIpc) is 3.01.